The van der Waals surface area contributed by atoms with Crippen molar-refractivity contribution in [1.82, 2.24) is 10.0 Å². The van der Waals surface area contributed by atoms with E-state index in [0.29, 0.717) is 35.6 Å². The molecule has 0 radical (unpaired) electrons. The lowest BCUT2D eigenvalue weighted by molar-refractivity contribution is -0.123. The number of anilines is 1. The van der Waals surface area contributed by atoms with E-state index in [-0.39, 0.29) is 24.1 Å². The van der Waals surface area contributed by atoms with Gasteiger partial charge in [0.2, 0.25) is 28.6 Å². The van der Waals surface area contributed by atoms with Crippen LogP contribution in [0, 0.1) is 0 Å². The molecule has 1 unspecified atom stereocenters. The van der Waals surface area contributed by atoms with Crippen LogP contribution in [0.15, 0.2) is 71.6 Å². The summed E-state index contributed by atoms with van der Waals surface area (Å²) >= 11 is 0. The molecule has 10 heteroatoms. The van der Waals surface area contributed by atoms with Crippen LogP contribution >= 0.6 is 0 Å². The maximum absolute atomic E-state index is 13.3. The molecule has 1 atom stereocenters. The Morgan fingerprint density at radius 3 is 2.60 bits per heavy atom. The quantitative estimate of drug-likeness (QED) is 0.465. The Bertz CT molecular complexity index is 1390. The maximum Gasteiger partial charge on any atom is 0.243 e. The molecular weight excluding hydrogens is 470 g/mol. The van der Waals surface area contributed by atoms with Crippen LogP contribution in [-0.4, -0.2) is 27.0 Å². The minimum atomic E-state index is -4.05. The van der Waals surface area contributed by atoms with Crippen LogP contribution in [0.5, 0.6) is 11.5 Å². The second-order valence-corrected chi connectivity index (χ2v) is 9.95. The molecule has 2 amide bonds. The van der Waals surface area contributed by atoms with Gasteiger partial charge in [0.15, 0.2) is 11.5 Å². The highest BCUT2D eigenvalue weighted by Gasteiger charge is 2.28. The van der Waals surface area contributed by atoms with Crippen LogP contribution in [0.3, 0.4) is 0 Å². The van der Waals surface area contributed by atoms with Crippen molar-refractivity contribution >= 4 is 27.5 Å². The van der Waals surface area contributed by atoms with Crippen molar-refractivity contribution in [3.05, 3.63) is 83.4 Å². The number of benzene rings is 3. The van der Waals surface area contributed by atoms with Gasteiger partial charge in [-0.2, -0.15) is 4.72 Å². The van der Waals surface area contributed by atoms with Gasteiger partial charge in [0.1, 0.15) is 6.04 Å². The molecule has 3 aromatic carbocycles. The topological polar surface area (TPSA) is 123 Å². The number of ether oxygens (including phenoxy) is 2. The first-order valence-corrected chi connectivity index (χ1v) is 12.5. The molecule has 35 heavy (non-hydrogen) atoms. The summed E-state index contributed by atoms with van der Waals surface area (Å²) in [6.07, 6.45) is 0.738. The Labute approximate surface area is 202 Å². The van der Waals surface area contributed by atoms with Gasteiger partial charge in [0.05, 0.1) is 4.90 Å². The van der Waals surface area contributed by atoms with Crippen LogP contribution in [0.4, 0.5) is 5.69 Å². The van der Waals surface area contributed by atoms with Gasteiger partial charge in [-0.15, -0.1) is 0 Å². The van der Waals surface area contributed by atoms with E-state index >= 15 is 0 Å². The molecule has 0 saturated carbocycles. The standard InChI is InChI=1S/C25H23N3O6S/c29-23-11-7-18-13-19(8-9-20(18)27-23)35(31,32)28-24(17-4-2-1-3-5-17)25(30)26-14-16-6-10-21-22(12-16)34-15-33-21/h1-6,8-10,12-13,24,28H,7,11,14-15H2,(H,26,30)(H,27,29). The molecular formula is C25H23N3O6S. The van der Waals surface area contributed by atoms with Gasteiger partial charge in [0, 0.05) is 18.7 Å². The maximum atomic E-state index is 13.3. The van der Waals surface area contributed by atoms with Crippen LogP contribution in [0.25, 0.3) is 0 Å². The summed E-state index contributed by atoms with van der Waals surface area (Å²) in [6.45, 7) is 0.331. The van der Waals surface area contributed by atoms with E-state index in [4.69, 9.17) is 9.47 Å². The third-order valence-electron chi connectivity index (χ3n) is 5.85. The van der Waals surface area contributed by atoms with Gasteiger partial charge >= 0.3 is 0 Å². The zero-order chi connectivity index (χ0) is 24.4. The van der Waals surface area contributed by atoms with E-state index in [1.807, 2.05) is 0 Å². The molecule has 2 aliphatic heterocycles. The Morgan fingerprint density at radius 1 is 0.971 bits per heavy atom. The van der Waals surface area contributed by atoms with E-state index in [0.717, 1.165) is 11.1 Å². The zero-order valence-corrected chi connectivity index (χ0v) is 19.4. The summed E-state index contributed by atoms with van der Waals surface area (Å²) < 4.78 is 39.8. The zero-order valence-electron chi connectivity index (χ0n) is 18.6. The van der Waals surface area contributed by atoms with Crippen LogP contribution in [-0.2, 0) is 32.6 Å². The first-order valence-electron chi connectivity index (χ1n) is 11.1. The molecule has 2 aliphatic rings. The fraction of sp³-hybridized carbons (Fsp3) is 0.200. The van der Waals surface area contributed by atoms with E-state index < -0.39 is 22.0 Å². The van der Waals surface area contributed by atoms with E-state index in [1.54, 1.807) is 54.6 Å². The lowest BCUT2D eigenvalue weighted by Gasteiger charge is -2.21. The highest BCUT2D eigenvalue weighted by molar-refractivity contribution is 7.89. The van der Waals surface area contributed by atoms with Gasteiger partial charge in [-0.25, -0.2) is 8.42 Å². The lowest BCUT2D eigenvalue weighted by Crippen LogP contribution is -2.40. The van der Waals surface area contributed by atoms with Crippen LogP contribution in [0.2, 0.25) is 0 Å². The Morgan fingerprint density at radius 2 is 1.77 bits per heavy atom. The predicted molar refractivity (Wildman–Crippen MR) is 127 cm³/mol. The SMILES string of the molecule is O=C1CCc2cc(S(=O)(=O)NC(C(=O)NCc3ccc4c(c3)OCO4)c3ccccc3)ccc2N1. The van der Waals surface area contributed by atoms with E-state index in [2.05, 4.69) is 15.4 Å². The average Bonchev–Trinajstić information content (AvgIpc) is 3.34. The third-order valence-corrected chi connectivity index (χ3v) is 7.27. The normalized spacial score (nSPS) is 15.1. The summed E-state index contributed by atoms with van der Waals surface area (Å²) in [6, 6.07) is 17.4. The number of carbonyl (C=O) groups excluding carboxylic acids is 2. The third kappa shape index (κ3) is 4.98. The van der Waals surface area contributed by atoms with Crippen molar-refractivity contribution < 1.29 is 27.5 Å². The molecule has 0 aliphatic carbocycles. The molecule has 9 nitrogen and oxygen atoms in total. The average molecular weight is 494 g/mol. The highest BCUT2D eigenvalue weighted by Crippen LogP contribution is 2.32. The molecule has 5 rings (SSSR count). The molecule has 3 N–H and O–H groups in total. The number of sulfonamides is 1. The molecule has 180 valence electrons. The summed E-state index contributed by atoms with van der Waals surface area (Å²) in [5.74, 6) is 0.637. The summed E-state index contributed by atoms with van der Waals surface area (Å²) in [4.78, 5) is 24.8. The van der Waals surface area contributed by atoms with Gasteiger partial charge < -0.3 is 20.1 Å². The number of carbonyl (C=O) groups is 2. The Balaban J connectivity index is 1.36. The summed E-state index contributed by atoms with van der Waals surface area (Å²) in [5, 5.41) is 5.54. The highest BCUT2D eigenvalue weighted by atomic mass is 32.2. The number of rotatable bonds is 7. The number of aryl methyl sites for hydroxylation is 1. The molecule has 0 aromatic heterocycles. The fourth-order valence-electron chi connectivity index (χ4n) is 4.01. The van der Waals surface area contributed by atoms with E-state index in [9.17, 15) is 18.0 Å². The number of nitrogens with one attached hydrogen (secondary N) is 3. The van der Waals surface area contributed by atoms with Gasteiger partial charge in [0.25, 0.3) is 0 Å². The van der Waals surface area contributed by atoms with Crippen LogP contribution < -0.4 is 24.8 Å². The summed E-state index contributed by atoms with van der Waals surface area (Å²) in [7, 11) is -4.05. The minimum Gasteiger partial charge on any atom is -0.454 e. The van der Waals surface area contributed by atoms with Crippen molar-refractivity contribution in [1.29, 1.82) is 0 Å². The van der Waals surface area contributed by atoms with Crippen LogP contribution in [0.1, 0.15) is 29.2 Å². The Hall–Kier alpha value is -3.89. The number of hydrogen-bond acceptors (Lipinski definition) is 6. The number of amides is 2. The number of fused-ring (bicyclic) bond motifs is 2. The molecule has 0 bridgehead atoms. The molecule has 2 heterocycles. The first-order chi connectivity index (χ1) is 16.9. The van der Waals surface area contributed by atoms with Crippen molar-refractivity contribution in [2.45, 2.75) is 30.3 Å². The molecule has 3 aromatic rings. The van der Waals surface area contributed by atoms with Gasteiger partial charge in [-0.3, -0.25) is 9.59 Å². The van der Waals surface area contributed by atoms with Gasteiger partial charge in [-0.05, 0) is 53.4 Å². The smallest absolute Gasteiger partial charge is 0.243 e. The van der Waals surface area contributed by atoms with E-state index in [1.165, 1.54) is 12.1 Å². The first kappa shape index (κ1) is 22.9. The van der Waals surface area contributed by atoms with Crippen molar-refractivity contribution in [3.8, 4) is 11.5 Å². The predicted octanol–water partition coefficient (Wildman–Crippen LogP) is 2.64. The molecule has 0 fully saturated rings. The number of hydrogen-bond donors (Lipinski definition) is 3. The molecule has 0 spiro atoms. The van der Waals surface area contributed by atoms with Crippen molar-refractivity contribution in [2.75, 3.05) is 12.1 Å². The Kier molecular flexibility index (Phi) is 6.14. The fourth-order valence-corrected chi connectivity index (χ4v) is 5.24. The van der Waals surface area contributed by atoms with Crippen molar-refractivity contribution in [2.24, 2.45) is 0 Å². The second-order valence-electron chi connectivity index (χ2n) is 8.24. The largest absolute Gasteiger partial charge is 0.454 e. The van der Waals surface area contributed by atoms with Crippen molar-refractivity contribution in [3.63, 3.8) is 0 Å². The van der Waals surface area contributed by atoms with Gasteiger partial charge in [-0.1, -0.05) is 36.4 Å². The monoisotopic (exact) mass is 493 g/mol. The second kappa shape index (κ2) is 9.40. The summed E-state index contributed by atoms with van der Waals surface area (Å²) in [5.41, 5.74) is 2.62. The molecule has 0 saturated heterocycles. The minimum absolute atomic E-state index is 0.0249. The lowest BCUT2D eigenvalue weighted by atomic mass is 10.0.